The molecule has 1 unspecified atom stereocenters. The van der Waals surface area contributed by atoms with Crippen LogP contribution in [-0.4, -0.2) is 55.4 Å². The van der Waals surface area contributed by atoms with Gasteiger partial charge in [0.1, 0.15) is 12.3 Å². The van der Waals surface area contributed by atoms with Crippen LogP contribution in [0.2, 0.25) is 23.2 Å². The third-order valence-electron chi connectivity index (χ3n) is 9.28. The van der Waals surface area contributed by atoms with Gasteiger partial charge in [-0.2, -0.15) is 5.26 Å². The smallest absolute Gasteiger partial charge is 0.329 e. The molecule has 2 aromatic heterocycles. The molecule has 0 saturated heterocycles. The molecular weight excluding hydrogens is 615 g/mol. The normalized spacial score (nSPS) is 16.3. The Hall–Kier alpha value is -3.98. The number of anilines is 3. The summed E-state index contributed by atoms with van der Waals surface area (Å²) < 4.78 is 8.59. The van der Waals surface area contributed by atoms with Crippen molar-refractivity contribution in [2.75, 3.05) is 23.3 Å². The fourth-order valence-corrected chi connectivity index (χ4v) is 6.89. The summed E-state index contributed by atoms with van der Waals surface area (Å²) >= 11 is 6.50. The third kappa shape index (κ3) is 6.47. The predicted molar refractivity (Wildman–Crippen MR) is 188 cm³/mol. The largest absolute Gasteiger partial charge is 0.416 e. The van der Waals surface area contributed by atoms with Crippen LogP contribution in [0.5, 0.6) is 0 Å². The van der Waals surface area contributed by atoms with E-state index in [1.807, 2.05) is 40.7 Å². The van der Waals surface area contributed by atoms with Crippen molar-refractivity contribution in [3.63, 3.8) is 0 Å². The second kappa shape index (κ2) is 12.7. The van der Waals surface area contributed by atoms with Gasteiger partial charge in [0.15, 0.2) is 14.1 Å². The Kier molecular flexibility index (Phi) is 9.19. The zero-order valence-electron chi connectivity index (χ0n) is 27.4. The minimum Gasteiger partial charge on any atom is -0.416 e. The number of benzene rings is 2. The van der Waals surface area contributed by atoms with E-state index in [1.54, 1.807) is 18.3 Å². The van der Waals surface area contributed by atoms with Crippen LogP contribution in [0.15, 0.2) is 48.8 Å². The van der Waals surface area contributed by atoms with Gasteiger partial charge in [-0.1, -0.05) is 46.2 Å². The lowest BCUT2D eigenvalue weighted by Crippen LogP contribution is -2.46. The Morgan fingerprint density at radius 1 is 1.26 bits per heavy atom. The van der Waals surface area contributed by atoms with Crippen molar-refractivity contribution < 1.29 is 14.0 Å². The molecule has 0 bridgehead atoms. The second-order valence-corrected chi connectivity index (χ2v) is 18.9. The van der Waals surface area contributed by atoms with Gasteiger partial charge in [0, 0.05) is 59.0 Å². The van der Waals surface area contributed by atoms with Crippen molar-refractivity contribution in [2.24, 2.45) is 0 Å². The third-order valence-corrected chi connectivity index (χ3v) is 14.0. The maximum atomic E-state index is 12.1. The van der Waals surface area contributed by atoms with Gasteiger partial charge in [0.2, 0.25) is 5.95 Å². The van der Waals surface area contributed by atoms with Crippen molar-refractivity contribution in [1.82, 2.24) is 14.5 Å². The van der Waals surface area contributed by atoms with Gasteiger partial charge in [0.25, 0.3) is 0 Å². The lowest BCUT2D eigenvalue weighted by Gasteiger charge is -2.39. The van der Waals surface area contributed by atoms with Crippen molar-refractivity contribution in [2.45, 2.75) is 71.1 Å². The number of hydrogen-bond acceptors (Lipinski definition) is 8. The molecule has 1 radical (unpaired) electrons. The van der Waals surface area contributed by atoms with Crippen molar-refractivity contribution in [1.29, 1.82) is 5.26 Å². The van der Waals surface area contributed by atoms with Gasteiger partial charge < -0.3 is 23.9 Å². The zero-order chi connectivity index (χ0) is 33.4. The van der Waals surface area contributed by atoms with Crippen LogP contribution >= 0.6 is 11.6 Å². The average Bonchev–Trinajstić information content (AvgIpc) is 3.53. The van der Waals surface area contributed by atoms with Gasteiger partial charge in [0.05, 0.1) is 29.0 Å². The number of nitriles is 1. The monoisotopic (exact) mass is 653 g/mol. The van der Waals surface area contributed by atoms with Crippen LogP contribution in [0.4, 0.5) is 17.3 Å². The van der Waals surface area contributed by atoms with E-state index in [0.29, 0.717) is 47.5 Å². The van der Waals surface area contributed by atoms with Crippen molar-refractivity contribution in [3.8, 4) is 17.3 Å². The highest BCUT2D eigenvalue weighted by molar-refractivity contribution is 6.74. The molecule has 2 aromatic carbocycles. The van der Waals surface area contributed by atoms with Crippen LogP contribution in [0.25, 0.3) is 22.2 Å². The van der Waals surface area contributed by atoms with E-state index in [2.05, 4.69) is 63.2 Å². The van der Waals surface area contributed by atoms with Gasteiger partial charge in [-0.3, -0.25) is 4.79 Å². The Morgan fingerprint density at radius 2 is 2.02 bits per heavy atom. The highest BCUT2D eigenvalue weighted by Gasteiger charge is 2.44. The SMILES string of the molecule is CCC(=O)Cn1ccc2c(Nc3nccc(-c4cc(C#N)c5c(c4)C(C)(CO[Si](C)(C)C(C)(C)C)CN5[B]C=O)n3)cc(Cl)cc21. The number of rotatable bonds is 11. The minimum absolute atomic E-state index is 0.0353. The maximum absolute atomic E-state index is 12.1. The number of Topliss-reactive ketones (excluding diaryl/α,β-unsaturated/α-hetero) is 1. The first-order valence-corrected chi connectivity index (χ1v) is 18.7. The summed E-state index contributed by atoms with van der Waals surface area (Å²) in [6, 6.07) is 13.6. The number of aromatic nitrogens is 3. The first kappa shape index (κ1) is 33.4. The van der Waals surface area contributed by atoms with E-state index in [4.69, 9.17) is 21.0 Å². The van der Waals surface area contributed by atoms with E-state index in [9.17, 15) is 14.9 Å². The molecule has 5 rings (SSSR count). The number of carbonyl (C=O) groups excluding carboxylic acids is 2. The molecule has 4 aromatic rings. The van der Waals surface area contributed by atoms with Crippen LogP contribution in [0.1, 0.15) is 52.2 Å². The van der Waals surface area contributed by atoms with Crippen LogP contribution in [0.3, 0.4) is 0 Å². The molecule has 46 heavy (non-hydrogen) atoms. The quantitative estimate of drug-likeness (QED) is 0.133. The highest BCUT2D eigenvalue weighted by atomic mass is 35.5. The van der Waals surface area contributed by atoms with Crippen molar-refractivity contribution >= 4 is 67.5 Å². The lowest BCUT2D eigenvalue weighted by molar-refractivity contribution is -0.119. The first-order chi connectivity index (χ1) is 21.7. The summed E-state index contributed by atoms with van der Waals surface area (Å²) in [7, 11) is -0.591. The molecule has 9 nitrogen and oxygen atoms in total. The molecule has 0 spiro atoms. The molecule has 1 N–H and O–H groups in total. The minimum atomic E-state index is -2.08. The molecule has 0 aliphatic carbocycles. The predicted octanol–water partition coefficient (Wildman–Crippen LogP) is 7.25. The Balaban J connectivity index is 1.52. The molecule has 1 atom stereocenters. The summed E-state index contributed by atoms with van der Waals surface area (Å²) in [5.74, 6) is 0.487. The topological polar surface area (TPSA) is 113 Å². The molecule has 0 fully saturated rings. The van der Waals surface area contributed by atoms with Gasteiger partial charge in [-0.25, -0.2) is 9.97 Å². The number of ketones is 1. The molecule has 1 aliphatic rings. The molecule has 3 heterocycles. The summed E-state index contributed by atoms with van der Waals surface area (Å²) in [4.78, 5) is 34.9. The van der Waals surface area contributed by atoms with E-state index in [1.165, 1.54) is 7.41 Å². The summed E-state index contributed by atoms with van der Waals surface area (Å²) in [6.07, 6.45) is 4.76. The molecule has 12 heteroatoms. The summed E-state index contributed by atoms with van der Waals surface area (Å²) in [5, 5.41) is 15.0. The zero-order valence-corrected chi connectivity index (χ0v) is 29.2. The molecule has 1 aliphatic heterocycles. The van der Waals surface area contributed by atoms with Crippen LogP contribution < -0.4 is 10.1 Å². The molecular formula is C34H39BClN6O3Si. The average molecular weight is 654 g/mol. The first-order valence-electron chi connectivity index (χ1n) is 15.4. The van der Waals surface area contributed by atoms with E-state index in [0.717, 1.165) is 33.9 Å². The van der Waals surface area contributed by atoms with Crippen LogP contribution in [0, 0.1) is 11.3 Å². The highest BCUT2D eigenvalue weighted by Crippen LogP contribution is 2.46. The molecule has 0 amide bonds. The van der Waals surface area contributed by atoms with Crippen molar-refractivity contribution in [3.05, 3.63) is 64.9 Å². The number of hydrogen-bond donors (Lipinski definition) is 1. The fraction of sp³-hybridized carbons (Fsp3) is 0.382. The summed E-state index contributed by atoms with van der Waals surface area (Å²) in [5.41, 5.74) is 4.57. The number of halogens is 1. The molecule has 237 valence electrons. The van der Waals surface area contributed by atoms with Gasteiger partial charge in [-0.05, 0) is 60.1 Å². The number of carbonyl (C=O) groups is 2. The summed E-state index contributed by atoms with van der Waals surface area (Å²) in [6.45, 7) is 16.3. The van der Waals surface area contributed by atoms with Gasteiger partial charge in [-0.15, -0.1) is 0 Å². The van der Waals surface area contributed by atoms with E-state index < -0.39 is 13.7 Å². The Labute approximate surface area is 277 Å². The molecule has 0 saturated carbocycles. The fourth-order valence-electron chi connectivity index (χ4n) is 5.56. The number of nitrogens with zero attached hydrogens (tertiary/aromatic N) is 5. The number of nitrogens with one attached hydrogen (secondary N) is 1. The van der Waals surface area contributed by atoms with Crippen LogP contribution in [-0.2, 0) is 26.0 Å². The van der Waals surface area contributed by atoms with Gasteiger partial charge >= 0.3 is 7.41 Å². The number of fused-ring (bicyclic) bond motifs is 2. The maximum Gasteiger partial charge on any atom is 0.329 e. The second-order valence-electron chi connectivity index (χ2n) is 13.7. The van der Waals surface area contributed by atoms with E-state index in [-0.39, 0.29) is 17.4 Å². The lowest BCUT2D eigenvalue weighted by atomic mass is 9.83. The Morgan fingerprint density at radius 3 is 2.70 bits per heavy atom. The standard InChI is InChI=1S/C34H39BClN6O3Si/c1-8-25(44)18-41-12-10-26-29(15-24(36)16-30(26)41)40-32-38-11-9-28(39-32)22-13-23(17-37)31-27(14-22)34(5,19-42(31)35-21-43)20-45-46(6,7)33(2,3)4/h9-16,21H,8,18-20H2,1-7H3,(H,38,39,40). The Bertz CT molecular complexity index is 1860. The van der Waals surface area contributed by atoms with E-state index >= 15 is 0 Å².